The van der Waals surface area contributed by atoms with Gasteiger partial charge >= 0.3 is 0 Å². The van der Waals surface area contributed by atoms with Gasteiger partial charge in [0.15, 0.2) is 11.2 Å². The van der Waals surface area contributed by atoms with Crippen molar-refractivity contribution in [2.75, 3.05) is 0 Å². The van der Waals surface area contributed by atoms with Crippen molar-refractivity contribution in [3.05, 3.63) is 35.6 Å². The number of carbonyl (C=O) groups is 1. The van der Waals surface area contributed by atoms with E-state index in [0.29, 0.717) is 4.88 Å². The Balaban J connectivity index is 2.16. The zero-order valence-electron chi connectivity index (χ0n) is 8.62. The molecule has 0 aliphatic carbocycles. The molecule has 0 fully saturated rings. The maximum Gasteiger partial charge on any atom is 0.194 e. The number of aromatic nitrogens is 3. The first-order valence-electron chi connectivity index (χ1n) is 4.83. The van der Waals surface area contributed by atoms with Crippen LogP contribution in [0.5, 0.6) is 0 Å². The smallest absolute Gasteiger partial charge is 0.194 e. The summed E-state index contributed by atoms with van der Waals surface area (Å²) in [6, 6.07) is 4.01. The van der Waals surface area contributed by atoms with Crippen molar-refractivity contribution in [1.29, 1.82) is 0 Å². The highest BCUT2D eigenvalue weighted by Gasteiger charge is 2.09. The molecule has 4 nitrogen and oxygen atoms in total. The largest absolute Gasteiger partial charge is 0.349 e. The highest BCUT2D eigenvalue weighted by atomic mass is 32.1. The molecule has 0 aliphatic heterocycles. The van der Waals surface area contributed by atoms with E-state index in [1.165, 1.54) is 11.3 Å². The molecule has 0 amide bonds. The summed E-state index contributed by atoms with van der Waals surface area (Å²) < 4.78 is 3.91. The molecule has 80 valence electrons. The number of hydrogen-bond donors (Lipinski definition) is 0. The van der Waals surface area contributed by atoms with E-state index < -0.39 is 0 Å². The summed E-state index contributed by atoms with van der Waals surface area (Å²) in [6.45, 7) is 0. The number of aldehydes is 1. The van der Waals surface area contributed by atoms with Crippen LogP contribution in [0.3, 0.4) is 0 Å². The van der Waals surface area contributed by atoms with E-state index in [-0.39, 0.29) is 0 Å². The molecule has 3 aromatic heterocycles. The zero-order valence-corrected chi connectivity index (χ0v) is 9.44. The van der Waals surface area contributed by atoms with Gasteiger partial charge in [0, 0.05) is 25.6 Å². The lowest BCUT2D eigenvalue weighted by Gasteiger charge is -1.96. The van der Waals surface area contributed by atoms with Crippen LogP contribution < -0.4 is 0 Å². The number of thiazole rings is 1. The van der Waals surface area contributed by atoms with E-state index in [0.717, 1.165) is 22.6 Å². The molecule has 0 saturated heterocycles. The van der Waals surface area contributed by atoms with Gasteiger partial charge in [0.25, 0.3) is 0 Å². The molecule has 0 saturated carbocycles. The van der Waals surface area contributed by atoms with Crippen molar-refractivity contribution in [2.45, 2.75) is 0 Å². The molecular formula is C11H9N3OS. The first-order valence-corrected chi connectivity index (χ1v) is 5.65. The standard InChI is InChI=1S/C11H9N3OS/c1-13-4-2-3-10(13)9-6-14-5-8(7-15)16-11(14)12-9/h2-7H,1H3. The average Bonchev–Trinajstić information content (AvgIpc) is 2.89. The second-order valence-electron chi connectivity index (χ2n) is 3.57. The molecule has 0 aliphatic rings. The molecular weight excluding hydrogens is 222 g/mol. The Bertz CT molecular complexity index is 630. The fraction of sp³-hybridized carbons (Fsp3) is 0.0909. The molecule has 3 heterocycles. The van der Waals surface area contributed by atoms with Crippen LogP contribution in [0, 0.1) is 0 Å². The first kappa shape index (κ1) is 9.35. The minimum atomic E-state index is 0.695. The molecule has 0 spiro atoms. The SMILES string of the molecule is Cn1cccc1-c1cn2cc(C=O)sc2n1. The van der Waals surface area contributed by atoms with Crippen molar-refractivity contribution in [3.63, 3.8) is 0 Å². The molecule has 5 heteroatoms. The average molecular weight is 231 g/mol. The van der Waals surface area contributed by atoms with Gasteiger partial charge < -0.3 is 4.57 Å². The van der Waals surface area contributed by atoms with Crippen molar-refractivity contribution in [2.24, 2.45) is 7.05 Å². The molecule has 16 heavy (non-hydrogen) atoms. The lowest BCUT2D eigenvalue weighted by Crippen LogP contribution is -1.88. The Labute approximate surface area is 95.8 Å². The van der Waals surface area contributed by atoms with Gasteiger partial charge in [-0.25, -0.2) is 4.98 Å². The highest BCUT2D eigenvalue weighted by molar-refractivity contribution is 7.18. The predicted octanol–water partition coefficient (Wildman–Crippen LogP) is 2.21. The third-order valence-corrected chi connectivity index (χ3v) is 3.42. The molecule has 3 rings (SSSR count). The van der Waals surface area contributed by atoms with E-state index in [2.05, 4.69) is 4.98 Å². The number of hydrogen-bond acceptors (Lipinski definition) is 3. The topological polar surface area (TPSA) is 39.3 Å². The van der Waals surface area contributed by atoms with Crippen LogP contribution in [0.25, 0.3) is 16.3 Å². The van der Waals surface area contributed by atoms with Crippen molar-refractivity contribution >= 4 is 22.6 Å². The molecule has 3 aromatic rings. The molecule has 0 N–H and O–H groups in total. The van der Waals surface area contributed by atoms with E-state index in [4.69, 9.17) is 0 Å². The maximum absolute atomic E-state index is 10.6. The van der Waals surface area contributed by atoms with E-state index >= 15 is 0 Å². The minimum Gasteiger partial charge on any atom is -0.349 e. The molecule has 0 radical (unpaired) electrons. The van der Waals surface area contributed by atoms with Crippen molar-refractivity contribution in [3.8, 4) is 11.4 Å². The van der Waals surface area contributed by atoms with Gasteiger partial charge in [-0.1, -0.05) is 11.3 Å². The lowest BCUT2D eigenvalue weighted by atomic mass is 10.3. The van der Waals surface area contributed by atoms with Gasteiger partial charge in [0.05, 0.1) is 10.6 Å². The summed E-state index contributed by atoms with van der Waals surface area (Å²) in [6.07, 6.45) is 6.57. The summed E-state index contributed by atoms with van der Waals surface area (Å²) in [7, 11) is 1.99. The van der Waals surface area contributed by atoms with Gasteiger partial charge in [-0.05, 0) is 12.1 Å². The number of imidazole rings is 1. The van der Waals surface area contributed by atoms with Gasteiger partial charge in [-0.3, -0.25) is 9.20 Å². The first-order chi connectivity index (χ1) is 7.78. The Hall–Kier alpha value is -1.88. The molecule has 0 bridgehead atoms. The maximum atomic E-state index is 10.6. The predicted molar refractivity (Wildman–Crippen MR) is 62.9 cm³/mol. The normalized spacial score (nSPS) is 11.1. The fourth-order valence-corrected chi connectivity index (χ4v) is 2.50. The van der Waals surface area contributed by atoms with E-state index in [1.807, 2.05) is 40.5 Å². The van der Waals surface area contributed by atoms with Crippen LogP contribution in [0.4, 0.5) is 0 Å². The van der Waals surface area contributed by atoms with Gasteiger partial charge in [-0.2, -0.15) is 0 Å². The molecule has 0 unspecified atom stereocenters. The summed E-state index contributed by atoms with van der Waals surface area (Å²) >= 11 is 1.40. The Kier molecular flexibility index (Phi) is 1.94. The van der Waals surface area contributed by atoms with Crippen LogP contribution in [-0.4, -0.2) is 20.2 Å². The Morgan fingerprint density at radius 1 is 1.44 bits per heavy atom. The fourth-order valence-electron chi connectivity index (χ4n) is 1.72. The van der Waals surface area contributed by atoms with Crippen molar-refractivity contribution in [1.82, 2.24) is 14.0 Å². The van der Waals surface area contributed by atoms with Crippen LogP contribution in [0.15, 0.2) is 30.7 Å². The second-order valence-corrected chi connectivity index (χ2v) is 4.61. The number of rotatable bonds is 2. The number of carbonyl (C=O) groups excluding carboxylic acids is 1. The number of nitrogens with zero attached hydrogens (tertiary/aromatic N) is 3. The lowest BCUT2D eigenvalue weighted by molar-refractivity contribution is 0.112. The van der Waals surface area contributed by atoms with Crippen LogP contribution in [0.2, 0.25) is 0 Å². The quantitative estimate of drug-likeness (QED) is 0.634. The third kappa shape index (κ3) is 1.29. The van der Waals surface area contributed by atoms with E-state index in [9.17, 15) is 4.79 Å². The van der Waals surface area contributed by atoms with Crippen LogP contribution in [0.1, 0.15) is 9.67 Å². The van der Waals surface area contributed by atoms with E-state index in [1.54, 1.807) is 6.20 Å². The second kappa shape index (κ2) is 3.31. The van der Waals surface area contributed by atoms with Crippen molar-refractivity contribution < 1.29 is 4.79 Å². The third-order valence-electron chi connectivity index (χ3n) is 2.50. The zero-order chi connectivity index (χ0) is 11.1. The van der Waals surface area contributed by atoms with Gasteiger partial charge in [-0.15, -0.1) is 0 Å². The summed E-state index contributed by atoms with van der Waals surface area (Å²) in [5, 5.41) is 0. The highest BCUT2D eigenvalue weighted by Crippen LogP contribution is 2.23. The Morgan fingerprint density at radius 3 is 2.94 bits per heavy atom. The molecule has 0 atom stereocenters. The summed E-state index contributed by atoms with van der Waals surface area (Å²) in [4.78, 5) is 16.6. The number of fused-ring (bicyclic) bond motifs is 1. The van der Waals surface area contributed by atoms with Crippen LogP contribution in [-0.2, 0) is 7.05 Å². The Morgan fingerprint density at radius 2 is 2.31 bits per heavy atom. The van der Waals surface area contributed by atoms with Crippen LogP contribution >= 0.6 is 11.3 Å². The monoisotopic (exact) mass is 231 g/mol. The summed E-state index contributed by atoms with van der Waals surface area (Å²) in [5.74, 6) is 0. The number of aryl methyl sites for hydroxylation is 1. The van der Waals surface area contributed by atoms with Gasteiger partial charge in [0.2, 0.25) is 0 Å². The molecule has 0 aromatic carbocycles. The minimum absolute atomic E-state index is 0.695. The summed E-state index contributed by atoms with van der Waals surface area (Å²) in [5.41, 5.74) is 2.00. The van der Waals surface area contributed by atoms with Gasteiger partial charge in [0.1, 0.15) is 5.69 Å².